The molecule has 0 radical (unpaired) electrons. The molecule has 0 spiro atoms. The summed E-state index contributed by atoms with van der Waals surface area (Å²) in [6, 6.07) is 0. The lowest BCUT2D eigenvalue weighted by atomic mass is 10.1. The van der Waals surface area contributed by atoms with Crippen molar-refractivity contribution in [1.82, 2.24) is 14.5 Å². The van der Waals surface area contributed by atoms with E-state index in [1.807, 2.05) is 20.8 Å². The molecule has 0 atom stereocenters. The molecule has 0 amide bonds. The van der Waals surface area contributed by atoms with Crippen LogP contribution in [0.2, 0.25) is 0 Å². The molecule has 4 rings (SSSR count). The number of rotatable bonds is 7. The van der Waals surface area contributed by atoms with Crippen molar-refractivity contribution in [3.8, 4) is 0 Å². The monoisotopic (exact) mass is 436 g/mol. The number of hydrogen-bond donors (Lipinski definition) is 2. The summed E-state index contributed by atoms with van der Waals surface area (Å²) in [6.07, 6.45) is 5.54. The number of nitrogens with zero attached hydrogens (tertiary/aromatic N) is 2. The Kier molecular flexibility index (Phi) is 5.97. The molecular weight excluding hydrogens is 400 g/mol. The molecule has 164 valence electrons. The molecule has 0 unspecified atom stereocenters. The first-order valence-corrected chi connectivity index (χ1v) is 13.3. The van der Waals surface area contributed by atoms with E-state index >= 15 is 0 Å². The van der Waals surface area contributed by atoms with E-state index < -0.39 is 29.5 Å². The molecule has 0 aromatic carbocycles. The van der Waals surface area contributed by atoms with Gasteiger partial charge in [-0.25, -0.2) is 26.7 Å². The van der Waals surface area contributed by atoms with Crippen LogP contribution in [0.4, 0.5) is 0 Å². The lowest BCUT2D eigenvalue weighted by molar-refractivity contribution is 0.177. The summed E-state index contributed by atoms with van der Waals surface area (Å²) in [5, 5.41) is 5.15. The summed E-state index contributed by atoms with van der Waals surface area (Å²) in [6.45, 7) is 11.3. The molecule has 2 aliphatic heterocycles. The van der Waals surface area contributed by atoms with Crippen molar-refractivity contribution in [2.45, 2.75) is 74.3 Å². The number of primary sulfonamides is 1. The smallest absolute Gasteiger partial charge is 0.219 e. The maximum absolute atomic E-state index is 12.3. The van der Waals surface area contributed by atoms with E-state index in [-0.39, 0.29) is 5.54 Å². The van der Waals surface area contributed by atoms with Crippen LogP contribution in [0.15, 0.2) is 0 Å². The summed E-state index contributed by atoms with van der Waals surface area (Å²) in [7, 11) is -6.47. The highest BCUT2D eigenvalue weighted by molar-refractivity contribution is 7.91. The van der Waals surface area contributed by atoms with Gasteiger partial charge in [-0.05, 0) is 85.5 Å². The Morgan fingerprint density at radius 2 is 1.21 bits per heavy atom. The molecular formula is C18H36N4O4S2. The average molecular weight is 437 g/mol. The fourth-order valence-corrected chi connectivity index (χ4v) is 6.78. The zero-order valence-electron chi connectivity index (χ0n) is 17.4. The van der Waals surface area contributed by atoms with Gasteiger partial charge in [0.1, 0.15) is 0 Å². The Labute approximate surface area is 170 Å². The molecule has 10 heteroatoms. The maximum Gasteiger partial charge on any atom is 0.219 e. The Hall–Kier alpha value is -0.260. The van der Waals surface area contributed by atoms with E-state index in [1.165, 1.54) is 12.8 Å². The zero-order valence-corrected chi connectivity index (χ0v) is 19.0. The summed E-state index contributed by atoms with van der Waals surface area (Å²) in [5.41, 5.74) is -0.372. The normalized spacial score (nSPS) is 26.4. The minimum absolute atomic E-state index is 0.372. The topological polar surface area (TPSA) is 113 Å². The summed E-state index contributed by atoms with van der Waals surface area (Å²) in [5.74, 6) is 0. The molecule has 0 aromatic rings. The predicted molar refractivity (Wildman–Crippen MR) is 111 cm³/mol. The van der Waals surface area contributed by atoms with Crippen molar-refractivity contribution in [2.24, 2.45) is 5.14 Å². The van der Waals surface area contributed by atoms with Gasteiger partial charge in [0.25, 0.3) is 0 Å². The molecule has 2 saturated heterocycles. The first-order valence-electron chi connectivity index (χ1n) is 10.3. The van der Waals surface area contributed by atoms with Gasteiger partial charge >= 0.3 is 0 Å². The van der Waals surface area contributed by atoms with Crippen LogP contribution in [0.1, 0.15) is 59.3 Å². The van der Waals surface area contributed by atoms with E-state index in [2.05, 4.69) is 14.5 Å². The lowest BCUT2D eigenvalue weighted by Gasteiger charge is -2.35. The highest BCUT2D eigenvalue weighted by Gasteiger charge is 2.56. The molecule has 4 fully saturated rings. The third kappa shape index (κ3) is 5.07. The Morgan fingerprint density at radius 1 is 0.821 bits per heavy atom. The molecule has 2 heterocycles. The van der Waals surface area contributed by atoms with Gasteiger partial charge in [-0.3, -0.25) is 0 Å². The van der Waals surface area contributed by atoms with Crippen LogP contribution in [-0.2, 0) is 20.0 Å². The van der Waals surface area contributed by atoms with Gasteiger partial charge in [-0.15, -0.1) is 0 Å². The van der Waals surface area contributed by atoms with Crippen LogP contribution in [0.5, 0.6) is 0 Å². The van der Waals surface area contributed by atoms with Crippen molar-refractivity contribution in [3.05, 3.63) is 0 Å². The molecule has 0 bridgehead atoms. The van der Waals surface area contributed by atoms with Crippen LogP contribution < -0.4 is 9.86 Å². The second-order valence-electron chi connectivity index (χ2n) is 10.0. The van der Waals surface area contributed by atoms with Crippen LogP contribution in [0.3, 0.4) is 0 Å². The quantitative estimate of drug-likeness (QED) is 0.599. The van der Waals surface area contributed by atoms with Gasteiger partial charge in [0.2, 0.25) is 20.0 Å². The molecule has 2 aliphatic carbocycles. The van der Waals surface area contributed by atoms with Gasteiger partial charge in [-0.2, -0.15) is 0 Å². The van der Waals surface area contributed by atoms with Crippen molar-refractivity contribution in [2.75, 3.05) is 39.3 Å². The van der Waals surface area contributed by atoms with E-state index in [4.69, 9.17) is 5.14 Å². The number of likely N-dealkylation sites (tertiary alicyclic amines) is 2. The van der Waals surface area contributed by atoms with Crippen LogP contribution in [-0.4, -0.2) is 80.9 Å². The number of hydrogen-bond acceptors (Lipinski definition) is 6. The Morgan fingerprint density at radius 3 is 1.46 bits per heavy atom. The minimum atomic E-state index is -3.30. The van der Waals surface area contributed by atoms with Crippen LogP contribution in [0, 0.1) is 0 Å². The molecule has 4 aliphatic rings. The van der Waals surface area contributed by atoms with Crippen LogP contribution in [0.25, 0.3) is 0 Å². The second kappa shape index (κ2) is 7.46. The molecule has 28 heavy (non-hydrogen) atoms. The predicted octanol–water partition coefficient (Wildman–Crippen LogP) is 0.456. The molecule has 3 N–H and O–H groups in total. The van der Waals surface area contributed by atoms with E-state index in [0.29, 0.717) is 6.54 Å². The Balaban J connectivity index is 0.000000167. The van der Waals surface area contributed by atoms with E-state index in [0.717, 1.165) is 58.4 Å². The van der Waals surface area contributed by atoms with Crippen molar-refractivity contribution >= 4 is 20.0 Å². The molecule has 8 nitrogen and oxygen atoms in total. The van der Waals surface area contributed by atoms with Crippen molar-refractivity contribution < 1.29 is 16.8 Å². The largest absolute Gasteiger partial charge is 0.302 e. The highest BCUT2D eigenvalue weighted by atomic mass is 32.2. The van der Waals surface area contributed by atoms with Gasteiger partial charge in [-0.1, -0.05) is 0 Å². The lowest BCUT2D eigenvalue weighted by Crippen LogP contribution is -2.52. The van der Waals surface area contributed by atoms with E-state index in [9.17, 15) is 16.8 Å². The van der Waals surface area contributed by atoms with Crippen molar-refractivity contribution in [3.63, 3.8) is 0 Å². The van der Waals surface area contributed by atoms with Gasteiger partial charge in [0, 0.05) is 18.6 Å². The van der Waals surface area contributed by atoms with Gasteiger partial charge in [0.05, 0.1) is 9.49 Å². The third-order valence-electron chi connectivity index (χ3n) is 6.15. The number of nitrogens with one attached hydrogen (secondary N) is 1. The fraction of sp³-hybridized carbons (Fsp3) is 1.00. The summed E-state index contributed by atoms with van der Waals surface area (Å²) < 4.78 is 48.6. The number of nitrogens with two attached hydrogens (primary N) is 1. The minimum Gasteiger partial charge on any atom is -0.302 e. The highest BCUT2D eigenvalue weighted by Crippen LogP contribution is 2.45. The summed E-state index contributed by atoms with van der Waals surface area (Å²) >= 11 is 0. The summed E-state index contributed by atoms with van der Waals surface area (Å²) in [4.78, 5) is 4.41. The standard InChI is InChI=1S/C11H22N2O2S.C7H14N2O2S/c1-10(2,3)12-16(14,15)11(5-6-11)9-13-7-4-8-13;8-12(10,11)7(2-3-7)6-9-4-1-5-9/h12H,4-9H2,1-3H3;1-6H2,(H2,8,10,11). The molecule has 0 aromatic heterocycles. The SMILES string of the molecule is CC(C)(C)NS(=O)(=O)C1(CN2CCC2)CC1.NS(=O)(=O)C1(CN2CCC2)CC1. The second-order valence-corrected chi connectivity index (χ2v) is 14.1. The Bertz CT molecular complexity index is 773. The first kappa shape index (κ1) is 22.4. The van der Waals surface area contributed by atoms with Gasteiger partial charge in [0.15, 0.2) is 0 Å². The van der Waals surface area contributed by atoms with Gasteiger partial charge < -0.3 is 9.80 Å². The van der Waals surface area contributed by atoms with Crippen LogP contribution >= 0.6 is 0 Å². The maximum atomic E-state index is 12.3. The van der Waals surface area contributed by atoms with E-state index in [1.54, 1.807) is 0 Å². The first-order chi connectivity index (χ1) is 12.8. The van der Waals surface area contributed by atoms with Crippen molar-refractivity contribution in [1.29, 1.82) is 0 Å². The third-order valence-corrected chi connectivity index (χ3v) is 10.5. The average Bonchev–Trinajstić information content (AvgIpc) is 3.30. The molecule has 2 saturated carbocycles. The fourth-order valence-electron chi connectivity index (χ4n) is 3.73. The zero-order chi connectivity index (χ0) is 20.8. The number of sulfonamides is 2.